The second kappa shape index (κ2) is 5.36. The van der Waals surface area contributed by atoms with Crippen molar-refractivity contribution in [1.82, 2.24) is 4.98 Å². The Morgan fingerprint density at radius 1 is 1.41 bits per heavy atom. The Balaban J connectivity index is 2.33. The van der Waals surface area contributed by atoms with Gasteiger partial charge < -0.3 is 9.72 Å². The number of carbonyl (C=O) groups is 1. The average molecular weight is 296 g/mol. The Morgan fingerprint density at radius 2 is 2.24 bits per heavy atom. The molecule has 17 heavy (non-hydrogen) atoms. The molecule has 0 saturated heterocycles. The number of ether oxygens (including phenoxy) is 1. The largest absolute Gasteiger partial charge is 0.461 e. The van der Waals surface area contributed by atoms with Crippen molar-refractivity contribution in [2.45, 2.75) is 13.3 Å². The van der Waals surface area contributed by atoms with Crippen LogP contribution in [-0.4, -0.2) is 22.9 Å². The molecule has 0 fully saturated rings. The number of aryl methyl sites for hydroxylation is 1. The monoisotopic (exact) mass is 295 g/mol. The van der Waals surface area contributed by atoms with Crippen LogP contribution in [0.3, 0.4) is 0 Å². The quantitative estimate of drug-likeness (QED) is 0.695. The summed E-state index contributed by atoms with van der Waals surface area (Å²) in [5, 5.41) is 1.99. The number of rotatable bonds is 4. The van der Waals surface area contributed by atoms with Crippen LogP contribution in [0.25, 0.3) is 10.9 Å². The fraction of sp³-hybridized carbons (Fsp3) is 0.308. The van der Waals surface area contributed by atoms with Crippen LogP contribution < -0.4 is 0 Å². The van der Waals surface area contributed by atoms with E-state index in [-0.39, 0.29) is 5.97 Å². The number of alkyl halides is 1. The van der Waals surface area contributed by atoms with Gasteiger partial charge in [-0.15, -0.1) is 0 Å². The molecule has 0 aliphatic heterocycles. The lowest BCUT2D eigenvalue weighted by atomic mass is 10.1. The molecule has 0 saturated carbocycles. The number of nitrogens with one attached hydrogen (secondary N) is 1. The Labute approximate surface area is 108 Å². The summed E-state index contributed by atoms with van der Waals surface area (Å²) in [7, 11) is 0. The van der Waals surface area contributed by atoms with E-state index in [0.29, 0.717) is 12.3 Å². The van der Waals surface area contributed by atoms with Crippen molar-refractivity contribution >= 4 is 32.8 Å². The molecule has 1 N–H and O–H groups in total. The minimum Gasteiger partial charge on any atom is -0.461 e. The molecule has 0 spiro atoms. The third-order valence-corrected chi connectivity index (χ3v) is 2.96. The van der Waals surface area contributed by atoms with Gasteiger partial charge in [-0.2, -0.15) is 0 Å². The molecule has 0 aliphatic rings. The minimum atomic E-state index is -0.300. The van der Waals surface area contributed by atoms with Gasteiger partial charge in [0.05, 0.1) is 6.61 Å². The van der Waals surface area contributed by atoms with Crippen molar-refractivity contribution in [2.24, 2.45) is 0 Å². The van der Waals surface area contributed by atoms with E-state index in [9.17, 15) is 4.79 Å². The zero-order valence-electron chi connectivity index (χ0n) is 9.63. The molecule has 0 bridgehead atoms. The van der Waals surface area contributed by atoms with E-state index in [4.69, 9.17) is 4.74 Å². The molecule has 2 rings (SSSR count). The van der Waals surface area contributed by atoms with E-state index in [1.165, 1.54) is 5.56 Å². The van der Waals surface area contributed by atoms with Crippen molar-refractivity contribution in [3.05, 3.63) is 35.5 Å². The highest BCUT2D eigenvalue weighted by Crippen LogP contribution is 2.18. The first-order valence-electron chi connectivity index (χ1n) is 5.59. The van der Waals surface area contributed by atoms with Crippen molar-refractivity contribution in [1.29, 1.82) is 0 Å². The van der Waals surface area contributed by atoms with Crippen LogP contribution in [0.15, 0.2) is 24.3 Å². The van der Waals surface area contributed by atoms with Gasteiger partial charge in [-0.3, -0.25) is 0 Å². The normalized spacial score (nSPS) is 10.7. The highest BCUT2D eigenvalue weighted by molar-refractivity contribution is 9.09. The summed E-state index contributed by atoms with van der Waals surface area (Å²) in [4.78, 5) is 14.6. The van der Waals surface area contributed by atoms with Crippen LogP contribution in [0.5, 0.6) is 0 Å². The number of aromatic amines is 1. The molecule has 0 amide bonds. The lowest BCUT2D eigenvalue weighted by Gasteiger charge is -1.97. The van der Waals surface area contributed by atoms with Gasteiger partial charge in [0.25, 0.3) is 0 Å². The molecular weight excluding hydrogens is 282 g/mol. The molecule has 1 heterocycles. The molecule has 1 aromatic heterocycles. The zero-order valence-corrected chi connectivity index (χ0v) is 11.2. The maximum Gasteiger partial charge on any atom is 0.354 e. The van der Waals surface area contributed by atoms with Gasteiger partial charge in [0, 0.05) is 16.2 Å². The van der Waals surface area contributed by atoms with E-state index in [1.54, 1.807) is 6.92 Å². The maximum atomic E-state index is 11.6. The molecule has 2 aromatic rings. The van der Waals surface area contributed by atoms with Crippen LogP contribution in [0.1, 0.15) is 23.0 Å². The molecule has 4 heteroatoms. The smallest absolute Gasteiger partial charge is 0.354 e. The fourth-order valence-corrected chi connectivity index (χ4v) is 2.22. The van der Waals surface area contributed by atoms with Crippen LogP contribution in [0, 0.1) is 0 Å². The fourth-order valence-electron chi connectivity index (χ4n) is 1.77. The standard InChI is InChI=1S/C13H14BrNO2/c1-2-17-13(16)12-8-10-7-9(5-6-14)3-4-11(10)15-12/h3-4,7-8,15H,2,5-6H2,1H3. The number of benzene rings is 1. The van der Waals surface area contributed by atoms with Gasteiger partial charge in [0.15, 0.2) is 0 Å². The van der Waals surface area contributed by atoms with Gasteiger partial charge in [0.2, 0.25) is 0 Å². The van der Waals surface area contributed by atoms with E-state index < -0.39 is 0 Å². The first kappa shape index (κ1) is 12.2. The molecule has 0 radical (unpaired) electrons. The maximum absolute atomic E-state index is 11.6. The Kier molecular flexibility index (Phi) is 3.84. The molecular formula is C13H14BrNO2. The Hall–Kier alpha value is -1.29. The van der Waals surface area contributed by atoms with Crippen LogP contribution in [-0.2, 0) is 11.2 Å². The van der Waals surface area contributed by atoms with Gasteiger partial charge in [-0.05, 0) is 37.1 Å². The van der Waals surface area contributed by atoms with Crippen molar-refractivity contribution in [3.63, 3.8) is 0 Å². The summed E-state index contributed by atoms with van der Waals surface area (Å²) >= 11 is 3.42. The molecule has 90 valence electrons. The second-order valence-electron chi connectivity index (χ2n) is 3.76. The van der Waals surface area contributed by atoms with Gasteiger partial charge >= 0.3 is 5.97 Å². The number of halogens is 1. The lowest BCUT2D eigenvalue weighted by molar-refractivity contribution is 0.0520. The minimum absolute atomic E-state index is 0.300. The number of fused-ring (bicyclic) bond motifs is 1. The summed E-state index contributed by atoms with van der Waals surface area (Å²) < 4.78 is 4.96. The van der Waals surface area contributed by atoms with E-state index in [1.807, 2.05) is 12.1 Å². The second-order valence-corrected chi connectivity index (χ2v) is 4.56. The van der Waals surface area contributed by atoms with Crippen molar-refractivity contribution in [2.75, 3.05) is 11.9 Å². The number of aromatic nitrogens is 1. The molecule has 0 aliphatic carbocycles. The molecule has 0 unspecified atom stereocenters. The van der Waals surface area contributed by atoms with Crippen molar-refractivity contribution < 1.29 is 9.53 Å². The van der Waals surface area contributed by atoms with Gasteiger partial charge in [0.1, 0.15) is 5.69 Å². The third kappa shape index (κ3) is 2.69. The van der Waals surface area contributed by atoms with E-state index in [0.717, 1.165) is 22.7 Å². The number of hydrogen-bond acceptors (Lipinski definition) is 2. The van der Waals surface area contributed by atoms with Gasteiger partial charge in [-0.1, -0.05) is 22.0 Å². The Bertz CT molecular complexity index is 533. The summed E-state index contributed by atoms with van der Waals surface area (Å²) in [5.41, 5.74) is 2.73. The summed E-state index contributed by atoms with van der Waals surface area (Å²) in [6.45, 7) is 2.19. The molecule has 1 aromatic carbocycles. The SMILES string of the molecule is CCOC(=O)c1cc2cc(CCBr)ccc2[nH]1. The summed E-state index contributed by atoms with van der Waals surface area (Å²) in [6, 6.07) is 7.99. The zero-order chi connectivity index (χ0) is 12.3. The average Bonchev–Trinajstić information content (AvgIpc) is 2.73. The molecule has 0 atom stereocenters. The van der Waals surface area contributed by atoms with E-state index in [2.05, 4.69) is 33.0 Å². The highest BCUT2D eigenvalue weighted by atomic mass is 79.9. The topological polar surface area (TPSA) is 42.1 Å². The number of hydrogen-bond donors (Lipinski definition) is 1. The predicted molar refractivity (Wildman–Crippen MR) is 71.8 cm³/mol. The van der Waals surface area contributed by atoms with Crippen LogP contribution >= 0.6 is 15.9 Å². The first-order chi connectivity index (χ1) is 8.24. The van der Waals surface area contributed by atoms with E-state index >= 15 is 0 Å². The summed E-state index contributed by atoms with van der Waals surface area (Å²) in [6.07, 6.45) is 0.982. The Morgan fingerprint density at radius 3 is 2.94 bits per heavy atom. The van der Waals surface area contributed by atoms with Gasteiger partial charge in [-0.25, -0.2) is 4.79 Å². The number of H-pyrrole nitrogens is 1. The molecule has 3 nitrogen and oxygen atoms in total. The third-order valence-electron chi connectivity index (χ3n) is 2.56. The van der Waals surface area contributed by atoms with Crippen LogP contribution in [0.4, 0.5) is 0 Å². The lowest BCUT2D eigenvalue weighted by Crippen LogP contribution is -2.04. The summed E-state index contributed by atoms with van der Waals surface area (Å²) in [5.74, 6) is -0.300. The number of carbonyl (C=O) groups excluding carboxylic acids is 1. The highest BCUT2D eigenvalue weighted by Gasteiger charge is 2.10. The van der Waals surface area contributed by atoms with Crippen molar-refractivity contribution in [3.8, 4) is 0 Å². The predicted octanol–water partition coefficient (Wildman–Crippen LogP) is 3.28. The number of esters is 1. The first-order valence-corrected chi connectivity index (χ1v) is 6.71. The van der Waals surface area contributed by atoms with Crippen LogP contribution in [0.2, 0.25) is 0 Å².